The van der Waals surface area contributed by atoms with Crippen molar-refractivity contribution in [1.82, 2.24) is 25.1 Å². The van der Waals surface area contributed by atoms with Gasteiger partial charge in [-0.25, -0.2) is 14.4 Å². The molecule has 0 radical (unpaired) electrons. The number of rotatable bonds is 3. The van der Waals surface area contributed by atoms with E-state index < -0.39 is 23.3 Å². The van der Waals surface area contributed by atoms with Crippen molar-refractivity contribution in [3.8, 4) is 22.9 Å². The molecule has 0 atom stereocenters. The van der Waals surface area contributed by atoms with Crippen molar-refractivity contribution in [3.63, 3.8) is 0 Å². The van der Waals surface area contributed by atoms with Gasteiger partial charge < -0.3 is 10.5 Å². The third-order valence-corrected chi connectivity index (χ3v) is 3.60. The van der Waals surface area contributed by atoms with Gasteiger partial charge in [0.25, 0.3) is 0 Å². The number of halogens is 3. The largest absolute Gasteiger partial charge is 0.436 e. The Balaban J connectivity index is 1.73. The molecular weight excluding hydrogens is 349 g/mol. The zero-order valence-corrected chi connectivity index (χ0v) is 12.9. The summed E-state index contributed by atoms with van der Waals surface area (Å²) >= 11 is 0. The van der Waals surface area contributed by atoms with Crippen molar-refractivity contribution in [2.75, 3.05) is 5.73 Å². The first kappa shape index (κ1) is 15.8. The van der Waals surface area contributed by atoms with Gasteiger partial charge in [0, 0.05) is 6.07 Å². The number of pyridine rings is 1. The van der Waals surface area contributed by atoms with E-state index in [2.05, 4.69) is 25.1 Å². The Labute approximate surface area is 143 Å². The lowest BCUT2D eigenvalue weighted by Gasteiger charge is -2.08. The first-order valence-electron chi connectivity index (χ1n) is 7.28. The van der Waals surface area contributed by atoms with Crippen LogP contribution in [-0.2, 0) is 0 Å². The molecular formula is C16H9F3N6O. The maximum atomic E-state index is 14.5. The molecule has 7 nitrogen and oxygen atoms in total. The minimum Gasteiger partial charge on any atom is -0.436 e. The number of aromatic amines is 1. The number of hydrogen-bond acceptors (Lipinski definition) is 6. The molecule has 0 spiro atoms. The summed E-state index contributed by atoms with van der Waals surface area (Å²) in [5, 5.41) is 6.92. The number of benzene rings is 1. The van der Waals surface area contributed by atoms with Gasteiger partial charge in [0.2, 0.25) is 17.6 Å². The number of nitrogens with two attached hydrogens (primary N) is 1. The Morgan fingerprint density at radius 3 is 2.69 bits per heavy atom. The number of aromatic nitrogens is 5. The lowest BCUT2D eigenvalue weighted by Crippen LogP contribution is -1.97. The van der Waals surface area contributed by atoms with Gasteiger partial charge in [0.1, 0.15) is 12.1 Å². The minimum atomic E-state index is -1.19. The van der Waals surface area contributed by atoms with Crippen LogP contribution in [0.1, 0.15) is 0 Å². The summed E-state index contributed by atoms with van der Waals surface area (Å²) in [6.07, 6.45) is 1.24. The number of ether oxygens (including phenoxy) is 1. The molecule has 0 aliphatic heterocycles. The SMILES string of the molecule is Nc1ncnc2n[nH]c(-c3ccc(Oc4cccc(F)c4F)nc3F)c12. The molecule has 130 valence electrons. The molecule has 3 heterocycles. The van der Waals surface area contributed by atoms with Crippen LogP contribution in [0.25, 0.3) is 22.3 Å². The van der Waals surface area contributed by atoms with Gasteiger partial charge in [-0.1, -0.05) is 6.07 Å². The lowest BCUT2D eigenvalue weighted by molar-refractivity contribution is 0.398. The van der Waals surface area contributed by atoms with Gasteiger partial charge in [0.15, 0.2) is 17.2 Å². The summed E-state index contributed by atoms with van der Waals surface area (Å²) in [7, 11) is 0. The fraction of sp³-hybridized carbons (Fsp3) is 0. The Morgan fingerprint density at radius 1 is 1.04 bits per heavy atom. The number of hydrogen-bond donors (Lipinski definition) is 2. The van der Waals surface area contributed by atoms with Gasteiger partial charge in [-0.2, -0.15) is 18.9 Å². The standard InChI is InChI=1S/C16H9F3N6O/c17-8-2-1-3-9(12(8)18)26-10-5-4-7(14(19)23-10)13-11-15(20)21-6-22-16(11)25-24-13/h1-6H,(H3,20,21,22,24,25). The Morgan fingerprint density at radius 2 is 1.88 bits per heavy atom. The van der Waals surface area contributed by atoms with E-state index in [4.69, 9.17) is 10.5 Å². The summed E-state index contributed by atoms with van der Waals surface area (Å²) in [5.41, 5.74) is 6.35. The van der Waals surface area contributed by atoms with Gasteiger partial charge in [-0.3, -0.25) is 5.10 Å². The van der Waals surface area contributed by atoms with E-state index in [0.717, 1.165) is 6.07 Å². The topological polar surface area (TPSA) is 103 Å². The van der Waals surface area contributed by atoms with Gasteiger partial charge >= 0.3 is 0 Å². The Hall–Kier alpha value is -3.69. The lowest BCUT2D eigenvalue weighted by atomic mass is 10.1. The van der Waals surface area contributed by atoms with E-state index in [1.54, 1.807) is 0 Å². The maximum Gasteiger partial charge on any atom is 0.225 e. The van der Waals surface area contributed by atoms with Crippen LogP contribution in [0.2, 0.25) is 0 Å². The number of H-pyrrole nitrogens is 1. The van der Waals surface area contributed by atoms with E-state index in [0.29, 0.717) is 5.39 Å². The molecule has 3 N–H and O–H groups in total. The highest BCUT2D eigenvalue weighted by Crippen LogP contribution is 2.31. The van der Waals surface area contributed by atoms with Crippen LogP contribution in [0, 0.1) is 17.6 Å². The third kappa shape index (κ3) is 2.57. The van der Waals surface area contributed by atoms with Crippen LogP contribution < -0.4 is 10.5 Å². The second-order valence-electron chi connectivity index (χ2n) is 5.20. The summed E-state index contributed by atoms with van der Waals surface area (Å²) in [6, 6.07) is 6.04. The molecule has 10 heteroatoms. The first-order chi connectivity index (χ1) is 12.5. The van der Waals surface area contributed by atoms with E-state index in [-0.39, 0.29) is 28.6 Å². The van der Waals surface area contributed by atoms with Crippen molar-refractivity contribution < 1.29 is 17.9 Å². The fourth-order valence-electron chi connectivity index (χ4n) is 2.41. The quantitative estimate of drug-likeness (QED) is 0.545. The second-order valence-corrected chi connectivity index (χ2v) is 5.20. The number of nitrogen functional groups attached to an aromatic ring is 1. The zero-order valence-electron chi connectivity index (χ0n) is 12.9. The van der Waals surface area contributed by atoms with E-state index in [1.807, 2.05) is 0 Å². The smallest absolute Gasteiger partial charge is 0.225 e. The molecule has 0 amide bonds. The molecule has 0 unspecified atom stereocenters. The molecule has 4 aromatic rings. The highest BCUT2D eigenvalue weighted by Gasteiger charge is 2.18. The average molecular weight is 358 g/mol. The zero-order chi connectivity index (χ0) is 18.3. The summed E-state index contributed by atoms with van der Waals surface area (Å²) in [6.45, 7) is 0. The van der Waals surface area contributed by atoms with Gasteiger partial charge in [-0.15, -0.1) is 0 Å². The van der Waals surface area contributed by atoms with Crippen LogP contribution in [0.4, 0.5) is 19.0 Å². The van der Waals surface area contributed by atoms with Gasteiger partial charge in [0.05, 0.1) is 16.6 Å². The van der Waals surface area contributed by atoms with Crippen LogP contribution in [0.15, 0.2) is 36.7 Å². The van der Waals surface area contributed by atoms with Crippen molar-refractivity contribution in [1.29, 1.82) is 0 Å². The Kier molecular flexibility index (Phi) is 3.64. The minimum absolute atomic E-state index is 0.0427. The van der Waals surface area contributed by atoms with Crippen LogP contribution in [0.5, 0.6) is 11.6 Å². The molecule has 26 heavy (non-hydrogen) atoms. The monoisotopic (exact) mass is 358 g/mol. The van der Waals surface area contributed by atoms with Crippen molar-refractivity contribution in [2.45, 2.75) is 0 Å². The first-order valence-corrected chi connectivity index (χ1v) is 7.28. The van der Waals surface area contributed by atoms with E-state index >= 15 is 0 Å². The predicted octanol–water partition coefficient (Wildman–Crippen LogP) is 3.21. The molecule has 0 fully saturated rings. The molecule has 4 rings (SSSR count). The highest BCUT2D eigenvalue weighted by molar-refractivity contribution is 5.97. The molecule has 0 aliphatic rings. The molecule has 0 saturated carbocycles. The molecule has 1 aromatic carbocycles. The number of anilines is 1. The van der Waals surface area contributed by atoms with Gasteiger partial charge in [-0.05, 0) is 18.2 Å². The van der Waals surface area contributed by atoms with E-state index in [9.17, 15) is 13.2 Å². The van der Waals surface area contributed by atoms with Crippen molar-refractivity contribution in [2.24, 2.45) is 0 Å². The molecule has 0 bridgehead atoms. The van der Waals surface area contributed by atoms with Crippen molar-refractivity contribution in [3.05, 3.63) is 54.2 Å². The number of nitrogens with zero attached hydrogens (tertiary/aromatic N) is 4. The van der Waals surface area contributed by atoms with Crippen LogP contribution >= 0.6 is 0 Å². The Bertz CT molecular complexity index is 1130. The molecule has 0 aliphatic carbocycles. The number of fused-ring (bicyclic) bond motifs is 1. The average Bonchev–Trinajstić information content (AvgIpc) is 3.04. The normalized spacial score (nSPS) is 11.0. The fourth-order valence-corrected chi connectivity index (χ4v) is 2.41. The molecule has 3 aromatic heterocycles. The third-order valence-electron chi connectivity index (χ3n) is 3.60. The number of nitrogens with one attached hydrogen (secondary N) is 1. The van der Waals surface area contributed by atoms with Crippen LogP contribution in [-0.4, -0.2) is 25.1 Å². The highest BCUT2D eigenvalue weighted by atomic mass is 19.2. The summed E-state index contributed by atoms with van der Waals surface area (Å²) < 4.78 is 46.4. The summed E-state index contributed by atoms with van der Waals surface area (Å²) in [5.74, 6) is -3.73. The molecule has 0 saturated heterocycles. The predicted molar refractivity (Wildman–Crippen MR) is 85.7 cm³/mol. The maximum absolute atomic E-state index is 14.5. The van der Waals surface area contributed by atoms with Crippen molar-refractivity contribution >= 4 is 16.9 Å². The second kappa shape index (κ2) is 5.99. The van der Waals surface area contributed by atoms with Crippen LogP contribution in [0.3, 0.4) is 0 Å². The van der Waals surface area contributed by atoms with E-state index in [1.165, 1.54) is 30.6 Å². The summed E-state index contributed by atoms with van der Waals surface area (Å²) in [4.78, 5) is 11.4.